The van der Waals surface area contributed by atoms with E-state index in [1.807, 2.05) is 12.1 Å². The number of amides is 1. The number of carbonyl (C=O) groups is 3. The van der Waals surface area contributed by atoms with Crippen LogP contribution >= 0.6 is 0 Å². The van der Waals surface area contributed by atoms with E-state index in [-0.39, 0.29) is 30.3 Å². The van der Waals surface area contributed by atoms with E-state index in [0.717, 1.165) is 25.3 Å². The molecule has 2 aliphatic heterocycles. The number of esters is 1. The van der Waals surface area contributed by atoms with Gasteiger partial charge in [-0.2, -0.15) is 0 Å². The molecule has 9 nitrogen and oxygen atoms in total. The van der Waals surface area contributed by atoms with Gasteiger partial charge in [-0.3, -0.25) is 9.59 Å². The Hall–Kier alpha value is -3.07. The van der Waals surface area contributed by atoms with E-state index in [1.165, 1.54) is 11.1 Å². The minimum atomic E-state index is -1.10. The normalized spacial score (nSPS) is 25.6. The van der Waals surface area contributed by atoms with Crippen LogP contribution in [0.4, 0.5) is 0 Å². The van der Waals surface area contributed by atoms with Crippen molar-refractivity contribution in [2.45, 2.75) is 69.7 Å². The Bertz CT molecular complexity index is 1040. The number of benzene rings is 1. The van der Waals surface area contributed by atoms with Crippen molar-refractivity contribution >= 4 is 17.8 Å². The van der Waals surface area contributed by atoms with E-state index < -0.39 is 30.0 Å². The molecule has 190 valence electrons. The van der Waals surface area contributed by atoms with Crippen LogP contribution in [0.2, 0.25) is 0 Å². The van der Waals surface area contributed by atoms with Crippen molar-refractivity contribution in [2.75, 3.05) is 20.7 Å². The number of carboxylic acids is 1. The van der Waals surface area contributed by atoms with Gasteiger partial charge in [-0.15, -0.1) is 0 Å². The molecule has 0 radical (unpaired) electrons. The fourth-order valence-corrected chi connectivity index (χ4v) is 5.36. The van der Waals surface area contributed by atoms with Gasteiger partial charge in [0.2, 0.25) is 5.91 Å². The fourth-order valence-electron chi connectivity index (χ4n) is 5.36. The molecule has 0 saturated carbocycles. The van der Waals surface area contributed by atoms with Gasteiger partial charge in [0.05, 0.1) is 18.9 Å². The number of ether oxygens (including phenoxy) is 3. The molecule has 9 heteroatoms. The topological polar surface area (TPSA) is 114 Å². The lowest BCUT2D eigenvalue weighted by Gasteiger charge is -2.36. The summed E-state index contributed by atoms with van der Waals surface area (Å²) in [5.41, 5.74) is 2.09. The summed E-state index contributed by atoms with van der Waals surface area (Å²) in [7, 11) is 3.74. The van der Waals surface area contributed by atoms with Crippen molar-refractivity contribution in [2.24, 2.45) is 5.92 Å². The van der Waals surface area contributed by atoms with Crippen LogP contribution in [-0.2, 0) is 31.1 Å². The molecule has 2 N–H and O–H groups in total. The minimum Gasteiger partial charge on any atom is -0.493 e. The molecule has 4 atom stereocenters. The second-order valence-corrected chi connectivity index (χ2v) is 10.0. The van der Waals surface area contributed by atoms with Crippen molar-refractivity contribution in [3.63, 3.8) is 0 Å². The zero-order valence-electron chi connectivity index (χ0n) is 20.7. The number of hydrogen-bond donors (Lipinski definition) is 2. The number of carboxylic acid groups (broad SMARTS) is 1. The first-order valence-corrected chi connectivity index (χ1v) is 12.1. The van der Waals surface area contributed by atoms with Crippen molar-refractivity contribution in [3.8, 4) is 11.5 Å². The number of hydrogen-bond acceptors (Lipinski definition) is 7. The lowest BCUT2D eigenvalue weighted by molar-refractivity contribution is -0.149. The van der Waals surface area contributed by atoms with E-state index in [4.69, 9.17) is 14.2 Å². The summed E-state index contributed by atoms with van der Waals surface area (Å²) in [5, 5.41) is 11.7. The molecule has 1 spiro atoms. The molecular weight excluding hydrogens is 452 g/mol. The van der Waals surface area contributed by atoms with E-state index in [1.54, 1.807) is 21.0 Å². The number of nitrogens with one attached hydrogen (secondary N) is 1. The maximum atomic E-state index is 12.5. The summed E-state index contributed by atoms with van der Waals surface area (Å²) in [5.74, 6) is -0.872. The van der Waals surface area contributed by atoms with Gasteiger partial charge in [0.25, 0.3) is 0 Å². The zero-order chi connectivity index (χ0) is 25.3. The third-order valence-electron chi connectivity index (χ3n) is 7.22. The molecular formula is C26H34N2O7. The molecule has 0 bridgehead atoms. The van der Waals surface area contributed by atoms with E-state index in [2.05, 4.69) is 29.4 Å². The van der Waals surface area contributed by atoms with E-state index in [9.17, 15) is 19.5 Å². The summed E-state index contributed by atoms with van der Waals surface area (Å²) >= 11 is 0. The average molecular weight is 487 g/mol. The molecule has 1 aromatic rings. The van der Waals surface area contributed by atoms with Gasteiger partial charge in [0, 0.05) is 24.9 Å². The van der Waals surface area contributed by atoms with Crippen LogP contribution < -0.4 is 14.8 Å². The Morgan fingerprint density at radius 1 is 1.29 bits per heavy atom. The zero-order valence-corrected chi connectivity index (χ0v) is 20.7. The number of carbonyl (C=O) groups excluding carboxylic acids is 2. The Morgan fingerprint density at radius 3 is 2.74 bits per heavy atom. The van der Waals surface area contributed by atoms with Gasteiger partial charge >= 0.3 is 11.9 Å². The minimum absolute atomic E-state index is 0.125. The smallest absolute Gasteiger partial charge is 0.326 e. The summed E-state index contributed by atoms with van der Waals surface area (Å²) in [6.07, 6.45) is 4.54. The Labute approximate surface area is 205 Å². The Morgan fingerprint density at radius 2 is 2.06 bits per heavy atom. The highest BCUT2D eigenvalue weighted by Gasteiger charge is 2.53. The number of rotatable bonds is 8. The highest BCUT2D eigenvalue weighted by atomic mass is 16.6. The lowest BCUT2D eigenvalue weighted by atomic mass is 9.69. The van der Waals surface area contributed by atoms with Crippen LogP contribution in [0.3, 0.4) is 0 Å². The molecule has 35 heavy (non-hydrogen) atoms. The van der Waals surface area contributed by atoms with E-state index >= 15 is 0 Å². The van der Waals surface area contributed by atoms with Crippen molar-refractivity contribution in [1.82, 2.24) is 10.2 Å². The molecule has 0 aromatic heterocycles. The van der Waals surface area contributed by atoms with Crippen molar-refractivity contribution in [3.05, 3.63) is 35.4 Å². The molecule has 1 aromatic carbocycles. The Balaban J connectivity index is 1.42. The van der Waals surface area contributed by atoms with Crippen molar-refractivity contribution in [1.29, 1.82) is 0 Å². The standard InChI is InChI=1S/C26H34N2O7/c1-15(2)23(25(31)32)27-20(29)7-8-21(30)34-17-9-10-26-11-12-28(3)14-16-5-6-18(33-4)24(22(16)26)35-19(26)13-17/h5-6,9-10,15,17,19,23H,7-8,11-14H2,1-4H3,(H,27,29)(H,31,32)/t17?,19-,23?,26-/m0/s1. The molecule has 3 aliphatic rings. The predicted molar refractivity (Wildman–Crippen MR) is 127 cm³/mol. The van der Waals surface area contributed by atoms with Crippen LogP contribution in [0, 0.1) is 5.92 Å². The van der Waals surface area contributed by atoms with Crippen LogP contribution in [-0.4, -0.2) is 66.8 Å². The number of methoxy groups -OCH3 is 1. The summed E-state index contributed by atoms with van der Waals surface area (Å²) in [6, 6.07) is 3.06. The number of nitrogens with zero attached hydrogens (tertiary/aromatic N) is 1. The van der Waals surface area contributed by atoms with Crippen LogP contribution in [0.1, 0.15) is 50.7 Å². The first-order chi connectivity index (χ1) is 16.6. The first kappa shape index (κ1) is 25.0. The molecule has 2 heterocycles. The van der Waals surface area contributed by atoms with Gasteiger partial charge < -0.3 is 29.5 Å². The highest BCUT2D eigenvalue weighted by molar-refractivity contribution is 5.86. The van der Waals surface area contributed by atoms with Crippen LogP contribution in [0.15, 0.2) is 24.3 Å². The molecule has 1 amide bonds. The summed E-state index contributed by atoms with van der Waals surface area (Å²) in [4.78, 5) is 38.2. The molecule has 4 rings (SSSR count). The van der Waals surface area contributed by atoms with Gasteiger partial charge in [-0.1, -0.05) is 26.0 Å². The van der Waals surface area contributed by atoms with Crippen molar-refractivity contribution < 1.29 is 33.7 Å². The largest absolute Gasteiger partial charge is 0.493 e. The quantitative estimate of drug-likeness (QED) is 0.425. The summed E-state index contributed by atoms with van der Waals surface area (Å²) < 4.78 is 17.7. The maximum Gasteiger partial charge on any atom is 0.326 e. The van der Waals surface area contributed by atoms with E-state index in [0.29, 0.717) is 12.2 Å². The Kier molecular flexibility index (Phi) is 7.07. The van der Waals surface area contributed by atoms with Gasteiger partial charge in [0.15, 0.2) is 11.5 Å². The molecule has 1 aliphatic carbocycles. The third kappa shape index (κ3) is 4.87. The monoisotopic (exact) mass is 486 g/mol. The second kappa shape index (κ2) is 9.89. The van der Waals surface area contributed by atoms with Gasteiger partial charge in [-0.25, -0.2) is 4.79 Å². The van der Waals surface area contributed by atoms with Crippen LogP contribution in [0.25, 0.3) is 0 Å². The summed E-state index contributed by atoms with van der Waals surface area (Å²) in [6.45, 7) is 5.17. The average Bonchev–Trinajstić information content (AvgIpc) is 3.07. The predicted octanol–water partition coefficient (Wildman–Crippen LogP) is 2.41. The van der Waals surface area contributed by atoms with Crippen LogP contribution in [0.5, 0.6) is 11.5 Å². The number of aliphatic carboxylic acids is 1. The van der Waals surface area contributed by atoms with Gasteiger partial charge in [0.1, 0.15) is 18.2 Å². The second-order valence-electron chi connectivity index (χ2n) is 10.0. The fraction of sp³-hybridized carbons (Fsp3) is 0.577. The highest BCUT2D eigenvalue weighted by Crippen LogP contribution is 2.55. The SMILES string of the molecule is COc1ccc2c3c1O[C@H]1CC(OC(=O)CCC(=O)NC(C(=O)O)C(C)C)C=C[C@@]31CCN(C)C2. The first-order valence-electron chi connectivity index (χ1n) is 12.1. The van der Waals surface area contributed by atoms with Gasteiger partial charge in [-0.05, 0) is 43.6 Å². The molecule has 0 fully saturated rings. The lowest BCUT2D eigenvalue weighted by Crippen LogP contribution is -2.44. The maximum absolute atomic E-state index is 12.5. The molecule has 2 unspecified atom stereocenters. The molecule has 0 saturated heterocycles. The third-order valence-corrected chi connectivity index (χ3v) is 7.22.